The number of hydrogen-bond acceptors (Lipinski definition) is 10. The average Bonchev–Trinajstić information content (AvgIpc) is 2.80. The minimum absolute atomic E-state index is 0.0476. The predicted octanol–water partition coefficient (Wildman–Crippen LogP) is 3.99. The largest absolute Gasteiger partial charge is 0.456 e. The van der Waals surface area contributed by atoms with Crippen LogP contribution in [0.25, 0.3) is 0 Å². The van der Waals surface area contributed by atoms with Crippen LogP contribution in [0.15, 0.2) is 42.9 Å². The van der Waals surface area contributed by atoms with Crippen LogP contribution in [0.5, 0.6) is 0 Å². The highest BCUT2D eigenvalue weighted by Crippen LogP contribution is 2.34. The Labute approximate surface area is 217 Å². The highest BCUT2D eigenvalue weighted by molar-refractivity contribution is 7.92. The Morgan fingerprint density at radius 2 is 1.68 bits per heavy atom. The third kappa shape index (κ3) is 7.50. The van der Waals surface area contributed by atoms with Crippen molar-refractivity contribution >= 4 is 39.3 Å². The molecule has 0 aliphatic carbocycles. The van der Waals surface area contributed by atoms with Crippen molar-refractivity contribution in [2.24, 2.45) is 0 Å². The molecule has 2 N–H and O–H groups in total. The lowest BCUT2D eigenvalue weighted by Crippen LogP contribution is -2.27. The van der Waals surface area contributed by atoms with Gasteiger partial charge in [-0.25, -0.2) is 23.2 Å². The first-order valence-electron chi connectivity index (χ1n) is 11.1. The fraction of sp³-hybridized carbons (Fsp3) is 0.348. The van der Waals surface area contributed by atoms with Crippen LogP contribution >= 0.6 is 0 Å². The summed E-state index contributed by atoms with van der Waals surface area (Å²) in [5.74, 6) is -1.28. The molecule has 3 rings (SSSR count). The molecule has 0 saturated heterocycles. The first-order chi connectivity index (χ1) is 17.5. The van der Waals surface area contributed by atoms with Crippen LogP contribution in [0.4, 0.5) is 36.4 Å². The van der Waals surface area contributed by atoms with Crippen LogP contribution < -0.4 is 14.9 Å². The number of ether oxygens (including phenoxy) is 1. The molecule has 0 spiro atoms. The molecule has 11 nitrogen and oxygen atoms in total. The zero-order valence-corrected chi connectivity index (χ0v) is 22.0. The summed E-state index contributed by atoms with van der Waals surface area (Å²) in [6.07, 6.45) is -0.641. The minimum atomic E-state index is -4.77. The van der Waals surface area contributed by atoms with E-state index in [1.54, 1.807) is 20.8 Å². The van der Waals surface area contributed by atoms with E-state index in [0.29, 0.717) is 17.4 Å². The minimum Gasteiger partial charge on any atom is -0.456 e. The SMILES string of the molecule is CN(c1nccnc1CNc1nc(Nc2ccc(C(=O)OC(C)(C)C)cc2)ncc1C(F)(F)F)S(C)(=O)=O. The Balaban J connectivity index is 1.84. The third-order valence-corrected chi connectivity index (χ3v) is 6.01. The number of carbonyl (C=O) groups is 1. The van der Waals surface area contributed by atoms with Crippen molar-refractivity contribution < 1.29 is 31.1 Å². The smallest absolute Gasteiger partial charge is 0.421 e. The van der Waals surface area contributed by atoms with Crippen molar-refractivity contribution in [2.75, 3.05) is 28.2 Å². The van der Waals surface area contributed by atoms with Gasteiger partial charge in [0.05, 0.1) is 18.4 Å². The topological polar surface area (TPSA) is 139 Å². The maximum Gasteiger partial charge on any atom is 0.421 e. The van der Waals surface area contributed by atoms with Gasteiger partial charge in [-0.05, 0) is 45.0 Å². The van der Waals surface area contributed by atoms with Gasteiger partial charge >= 0.3 is 12.1 Å². The third-order valence-electron chi connectivity index (χ3n) is 4.84. The normalized spacial score (nSPS) is 12.1. The van der Waals surface area contributed by atoms with Gasteiger partial charge in [-0.15, -0.1) is 0 Å². The number of carbonyl (C=O) groups excluding carboxylic acids is 1. The van der Waals surface area contributed by atoms with Crippen molar-refractivity contribution in [2.45, 2.75) is 39.1 Å². The highest BCUT2D eigenvalue weighted by Gasteiger charge is 2.35. The Morgan fingerprint density at radius 3 is 2.26 bits per heavy atom. The number of benzene rings is 1. The molecule has 0 amide bonds. The van der Waals surface area contributed by atoms with Crippen LogP contribution in [0, 0.1) is 0 Å². The first kappa shape index (κ1) is 28.6. The Kier molecular flexibility index (Phi) is 8.09. The Bertz CT molecular complexity index is 1410. The van der Waals surface area contributed by atoms with Crippen LogP contribution in [0.3, 0.4) is 0 Å². The number of sulfonamides is 1. The summed E-state index contributed by atoms with van der Waals surface area (Å²) < 4.78 is 70.9. The maximum absolute atomic E-state index is 13.6. The zero-order valence-electron chi connectivity index (χ0n) is 21.2. The van der Waals surface area contributed by atoms with Crippen LogP contribution in [0.1, 0.15) is 42.4 Å². The van der Waals surface area contributed by atoms with E-state index in [1.807, 2.05) is 0 Å². The van der Waals surface area contributed by atoms with E-state index in [0.717, 1.165) is 10.6 Å². The Morgan fingerprint density at radius 1 is 1.05 bits per heavy atom. The number of anilines is 4. The van der Waals surface area contributed by atoms with Gasteiger partial charge in [0.1, 0.15) is 22.7 Å². The van der Waals surface area contributed by atoms with Gasteiger partial charge in [0.15, 0.2) is 5.82 Å². The molecule has 1 aromatic carbocycles. The molecule has 0 fully saturated rings. The molecule has 204 valence electrons. The standard InChI is InChI=1S/C23H26F3N7O4S/c1-22(2,3)37-20(34)14-6-8-15(9-7-14)31-21-30-12-16(23(24,25)26)18(32-21)29-13-17-19(28-11-10-27-17)33(4)38(5,35)36/h6-12H,13H2,1-5H3,(H2,29,30,31,32). The van der Waals surface area contributed by atoms with E-state index >= 15 is 0 Å². The number of alkyl halides is 3. The second kappa shape index (κ2) is 10.8. The van der Waals surface area contributed by atoms with Gasteiger partial charge in [0.2, 0.25) is 16.0 Å². The number of halogens is 3. The molecule has 2 aromatic heterocycles. The summed E-state index contributed by atoms with van der Waals surface area (Å²) in [5.41, 5.74) is -1.02. The van der Waals surface area contributed by atoms with E-state index in [2.05, 4.69) is 30.6 Å². The van der Waals surface area contributed by atoms with Gasteiger partial charge in [0.25, 0.3) is 0 Å². The van der Waals surface area contributed by atoms with Crippen molar-refractivity contribution in [3.8, 4) is 0 Å². The van der Waals surface area contributed by atoms with Gasteiger partial charge in [-0.1, -0.05) is 0 Å². The molecule has 0 bridgehead atoms. The number of esters is 1. The summed E-state index contributed by atoms with van der Waals surface area (Å²) in [6.45, 7) is 4.91. The summed E-state index contributed by atoms with van der Waals surface area (Å²) in [4.78, 5) is 27.9. The summed E-state index contributed by atoms with van der Waals surface area (Å²) in [7, 11) is -2.44. The van der Waals surface area contributed by atoms with Gasteiger partial charge in [-0.2, -0.15) is 18.2 Å². The molecule has 0 aliphatic rings. The second-order valence-electron chi connectivity index (χ2n) is 9.07. The molecule has 0 radical (unpaired) electrons. The molecule has 3 aromatic rings. The fourth-order valence-electron chi connectivity index (χ4n) is 3.01. The lowest BCUT2D eigenvalue weighted by Gasteiger charge is -2.19. The van der Waals surface area contributed by atoms with Crippen molar-refractivity contribution in [3.05, 3.63) is 59.7 Å². The van der Waals surface area contributed by atoms with E-state index in [4.69, 9.17) is 4.74 Å². The van der Waals surface area contributed by atoms with E-state index in [1.165, 1.54) is 43.7 Å². The summed E-state index contributed by atoms with van der Waals surface area (Å²) >= 11 is 0. The van der Waals surface area contributed by atoms with Crippen molar-refractivity contribution in [1.29, 1.82) is 0 Å². The molecule has 2 heterocycles. The lowest BCUT2D eigenvalue weighted by atomic mass is 10.1. The number of rotatable bonds is 8. The molecule has 0 saturated carbocycles. The van der Waals surface area contributed by atoms with E-state index < -0.39 is 39.2 Å². The average molecular weight is 554 g/mol. The van der Waals surface area contributed by atoms with E-state index in [-0.39, 0.29) is 24.0 Å². The fourth-order valence-corrected chi connectivity index (χ4v) is 3.48. The van der Waals surface area contributed by atoms with Crippen LogP contribution in [-0.2, 0) is 27.5 Å². The number of nitrogens with one attached hydrogen (secondary N) is 2. The van der Waals surface area contributed by atoms with Gasteiger partial charge < -0.3 is 15.4 Å². The first-order valence-corrected chi connectivity index (χ1v) is 12.9. The molecule has 38 heavy (non-hydrogen) atoms. The molecular formula is C23H26F3N7O4S. The molecule has 0 atom stereocenters. The number of hydrogen-bond donors (Lipinski definition) is 2. The molecule has 0 unspecified atom stereocenters. The second-order valence-corrected chi connectivity index (χ2v) is 11.1. The lowest BCUT2D eigenvalue weighted by molar-refractivity contribution is -0.137. The van der Waals surface area contributed by atoms with Gasteiger partial charge in [-0.3, -0.25) is 9.29 Å². The van der Waals surface area contributed by atoms with Crippen LogP contribution in [0.2, 0.25) is 0 Å². The quantitative estimate of drug-likeness (QED) is 0.394. The van der Waals surface area contributed by atoms with Crippen molar-refractivity contribution in [1.82, 2.24) is 19.9 Å². The molecule has 15 heteroatoms. The molecule has 0 aliphatic heterocycles. The summed E-state index contributed by atoms with van der Waals surface area (Å²) in [6, 6.07) is 6.04. The van der Waals surface area contributed by atoms with Crippen molar-refractivity contribution in [3.63, 3.8) is 0 Å². The van der Waals surface area contributed by atoms with Gasteiger partial charge in [0, 0.05) is 31.3 Å². The molecular weight excluding hydrogens is 527 g/mol. The predicted molar refractivity (Wildman–Crippen MR) is 135 cm³/mol. The summed E-state index contributed by atoms with van der Waals surface area (Å²) in [5, 5.41) is 5.35. The maximum atomic E-state index is 13.6. The number of nitrogens with zero attached hydrogens (tertiary/aromatic N) is 5. The Hall–Kier alpha value is -4.01. The zero-order chi connectivity index (χ0) is 28.3. The van der Waals surface area contributed by atoms with E-state index in [9.17, 15) is 26.4 Å². The monoisotopic (exact) mass is 553 g/mol. The number of aromatic nitrogens is 4. The highest BCUT2D eigenvalue weighted by atomic mass is 32.2. The van der Waals surface area contributed by atoms with Crippen LogP contribution in [-0.4, -0.2) is 53.2 Å².